The van der Waals surface area contributed by atoms with Gasteiger partial charge in [0, 0.05) is 0 Å². The van der Waals surface area contributed by atoms with Crippen molar-refractivity contribution in [3.8, 4) is 11.5 Å². The summed E-state index contributed by atoms with van der Waals surface area (Å²) in [4.78, 5) is 0. The Kier molecular flexibility index (Phi) is 4.33. The zero-order valence-electron chi connectivity index (χ0n) is 10.00. The molecule has 2 rings (SSSR count). The number of phenolic OH excluding ortho intramolecular Hbond substituents is 1. The summed E-state index contributed by atoms with van der Waals surface area (Å²) in [6, 6.07) is 3.42. The van der Waals surface area contributed by atoms with E-state index in [2.05, 4.69) is 31.2 Å². The van der Waals surface area contributed by atoms with Gasteiger partial charge >= 0.3 is 0 Å². The molecule has 0 atom stereocenters. The summed E-state index contributed by atoms with van der Waals surface area (Å²) in [6.45, 7) is 2.31. The highest BCUT2D eigenvalue weighted by atomic mass is 79.9. The lowest BCUT2D eigenvalue weighted by molar-refractivity contribution is 0.317. The molecule has 0 aliphatic heterocycles. The predicted octanol–water partition coefficient (Wildman–Crippen LogP) is 2.69. The Bertz CT molecular complexity index is 665. The van der Waals surface area contributed by atoms with Gasteiger partial charge in [-0.3, -0.25) is 5.10 Å². The first-order valence-corrected chi connectivity index (χ1v) is 6.63. The Morgan fingerprint density at radius 2 is 2.42 bits per heavy atom. The van der Waals surface area contributed by atoms with Gasteiger partial charge in [-0.25, -0.2) is 0 Å². The molecule has 0 saturated heterocycles. The molecule has 100 valence electrons. The molecule has 1 aromatic carbocycles. The maximum Gasteiger partial charge on any atom is 0.216 e. The molecule has 1 aromatic heterocycles. The van der Waals surface area contributed by atoms with Crippen LogP contribution in [-0.2, 0) is 0 Å². The Morgan fingerprint density at radius 3 is 3.05 bits per heavy atom. The standard InChI is InChI=1S/C11H11BrN4O2S/c1-2-18-9-4-7(3-8(12)10(9)17)5-14-16-6-13-15-11(16)19/h3-6,17H,2H2,1H3,(H,15,19)/b14-5-. The minimum atomic E-state index is 0.0684. The molecule has 0 spiro atoms. The number of halogens is 1. The molecule has 0 aliphatic carbocycles. The smallest absolute Gasteiger partial charge is 0.216 e. The predicted molar refractivity (Wildman–Crippen MR) is 77.4 cm³/mol. The van der Waals surface area contributed by atoms with Crippen LogP contribution in [0.2, 0.25) is 0 Å². The summed E-state index contributed by atoms with van der Waals surface area (Å²) < 4.78 is 7.70. The number of benzene rings is 1. The fraction of sp³-hybridized carbons (Fsp3) is 0.182. The number of aromatic nitrogens is 3. The van der Waals surface area contributed by atoms with E-state index in [-0.39, 0.29) is 5.75 Å². The van der Waals surface area contributed by atoms with E-state index < -0.39 is 0 Å². The molecule has 0 radical (unpaired) electrons. The van der Waals surface area contributed by atoms with E-state index in [1.54, 1.807) is 18.3 Å². The molecule has 1 heterocycles. The van der Waals surface area contributed by atoms with E-state index in [0.717, 1.165) is 5.56 Å². The topological polar surface area (TPSA) is 75.4 Å². The Morgan fingerprint density at radius 1 is 1.63 bits per heavy atom. The first-order valence-electron chi connectivity index (χ1n) is 5.43. The van der Waals surface area contributed by atoms with Crippen molar-refractivity contribution in [3.05, 3.63) is 33.3 Å². The van der Waals surface area contributed by atoms with Crippen molar-refractivity contribution in [1.29, 1.82) is 0 Å². The summed E-state index contributed by atoms with van der Waals surface area (Å²) in [7, 11) is 0. The van der Waals surface area contributed by atoms with E-state index in [1.165, 1.54) is 11.0 Å². The molecule has 6 nitrogen and oxygen atoms in total. The van der Waals surface area contributed by atoms with Crippen molar-refractivity contribution in [1.82, 2.24) is 14.9 Å². The van der Waals surface area contributed by atoms with Gasteiger partial charge in [0.15, 0.2) is 11.5 Å². The largest absolute Gasteiger partial charge is 0.503 e. The number of aromatic amines is 1. The second-order valence-corrected chi connectivity index (χ2v) is 4.77. The van der Waals surface area contributed by atoms with Crippen molar-refractivity contribution in [2.24, 2.45) is 5.10 Å². The van der Waals surface area contributed by atoms with Crippen molar-refractivity contribution in [2.45, 2.75) is 6.92 Å². The van der Waals surface area contributed by atoms with Crippen LogP contribution in [0.5, 0.6) is 11.5 Å². The van der Waals surface area contributed by atoms with E-state index in [9.17, 15) is 5.11 Å². The van der Waals surface area contributed by atoms with E-state index in [0.29, 0.717) is 21.6 Å². The van der Waals surface area contributed by atoms with Crippen molar-refractivity contribution >= 4 is 34.4 Å². The van der Waals surface area contributed by atoms with E-state index in [1.807, 2.05) is 6.92 Å². The number of aromatic hydroxyl groups is 1. The van der Waals surface area contributed by atoms with Gasteiger partial charge < -0.3 is 9.84 Å². The first kappa shape index (κ1) is 13.8. The fourth-order valence-corrected chi connectivity index (χ4v) is 1.99. The van der Waals surface area contributed by atoms with E-state index in [4.69, 9.17) is 17.0 Å². The van der Waals surface area contributed by atoms with Gasteiger partial charge in [-0.05, 0) is 52.8 Å². The summed E-state index contributed by atoms with van der Waals surface area (Å²) >= 11 is 8.23. The van der Waals surface area contributed by atoms with E-state index >= 15 is 0 Å². The molecule has 0 aliphatic rings. The number of hydrogen-bond acceptors (Lipinski definition) is 5. The van der Waals surface area contributed by atoms with Crippen LogP contribution in [0.15, 0.2) is 28.0 Å². The molecule has 0 saturated carbocycles. The van der Waals surface area contributed by atoms with Crippen LogP contribution in [0.3, 0.4) is 0 Å². The quantitative estimate of drug-likeness (QED) is 0.661. The minimum absolute atomic E-state index is 0.0684. The highest BCUT2D eigenvalue weighted by Gasteiger charge is 2.08. The molecule has 0 amide bonds. The van der Waals surface area contributed by atoms with Crippen LogP contribution < -0.4 is 4.74 Å². The number of nitrogens with one attached hydrogen (secondary N) is 1. The highest BCUT2D eigenvalue weighted by Crippen LogP contribution is 2.35. The third-order valence-corrected chi connectivity index (χ3v) is 3.10. The third-order valence-electron chi connectivity index (χ3n) is 2.22. The monoisotopic (exact) mass is 342 g/mol. The third kappa shape index (κ3) is 3.21. The van der Waals surface area contributed by atoms with Crippen LogP contribution in [0.25, 0.3) is 0 Å². The first-order chi connectivity index (χ1) is 9.11. The highest BCUT2D eigenvalue weighted by molar-refractivity contribution is 9.10. The number of rotatable bonds is 4. The SMILES string of the molecule is CCOc1cc(/C=N\n2cn[nH]c2=S)cc(Br)c1O. The Labute approximate surface area is 122 Å². The lowest BCUT2D eigenvalue weighted by Gasteiger charge is -2.08. The fourth-order valence-electron chi connectivity index (χ4n) is 1.39. The van der Waals surface area contributed by atoms with Crippen LogP contribution >= 0.6 is 28.1 Å². The number of ether oxygens (including phenoxy) is 1. The lowest BCUT2D eigenvalue weighted by atomic mass is 10.2. The zero-order valence-corrected chi connectivity index (χ0v) is 12.4. The van der Waals surface area contributed by atoms with Crippen molar-refractivity contribution in [3.63, 3.8) is 0 Å². The number of phenols is 1. The maximum absolute atomic E-state index is 9.80. The normalized spacial score (nSPS) is 11.1. The zero-order chi connectivity index (χ0) is 13.8. The lowest BCUT2D eigenvalue weighted by Crippen LogP contribution is -1.95. The molecule has 8 heteroatoms. The second kappa shape index (κ2) is 5.98. The summed E-state index contributed by atoms with van der Waals surface area (Å²) in [6.07, 6.45) is 3.07. The molecule has 2 N–H and O–H groups in total. The Hall–Kier alpha value is -1.67. The summed E-state index contributed by atoms with van der Waals surface area (Å²) in [5.74, 6) is 0.466. The van der Waals surface area contributed by atoms with Crippen molar-refractivity contribution < 1.29 is 9.84 Å². The number of nitrogens with zero attached hydrogens (tertiary/aromatic N) is 3. The average molecular weight is 343 g/mol. The van der Waals surface area contributed by atoms with Gasteiger partial charge in [0.25, 0.3) is 0 Å². The van der Waals surface area contributed by atoms with Crippen LogP contribution in [0.4, 0.5) is 0 Å². The van der Waals surface area contributed by atoms with Gasteiger partial charge in [0.2, 0.25) is 4.77 Å². The molecule has 2 aromatic rings. The van der Waals surface area contributed by atoms with Gasteiger partial charge in [-0.2, -0.15) is 14.9 Å². The number of H-pyrrole nitrogens is 1. The molecule has 0 fully saturated rings. The van der Waals surface area contributed by atoms with Gasteiger partial charge in [0.05, 0.1) is 17.3 Å². The molecular weight excluding hydrogens is 332 g/mol. The van der Waals surface area contributed by atoms with Crippen molar-refractivity contribution in [2.75, 3.05) is 6.61 Å². The molecular formula is C11H11BrN4O2S. The van der Waals surface area contributed by atoms with Crippen LogP contribution in [-0.4, -0.2) is 32.8 Å². The average Bonchev–Trinajstić information content (AvgIpc) is 2.78. The van der Waals surface area contributed by atoms with Crippen LogP contribution in [0, 0.1) is 4.77 Å². The molecule has 0 bridgehead atoms. The van der Waals surface area contributed by atoms with Gasteiger partial charge in [-0.1, -0.05) is 0 Å². The molecule has 19 heavy (non-hydrogen) atoms. The van der Waals surface area contributed by atoms with Gasteiger partial charge in [0.1, 0.15) is 6.33 Å². The minimum Gasteiger partial charge on any atom is -0.503 e. The van der Waals surface area contributed by atoms with Crippen LogP contribution in [0.1, 0.15) is 12.5 Å². The van der Waals surface area contributed by atoms with Gasteiger partial charge in [-0.15, -0.1) is 0 Å². The summed E-state index contributed by atoms with van der Waals surface area (Å²) in [5, 5.41) is 20.3. The maximum atomic E-state index is 9.80. The molecule has 0 unspecified atom stereocenters. The second-order valence-electron chi connectivity index (χ2n) is 3.53. The Balaban J connectivity index is 2.33. The summed E-state index contributed by atoms with van der Waals surface area (Å²) in [5.41, 5.74) is 0.760. The number of hydrogen-bond donors (Lipinski definition) is 2.